The lowest BCUT2D eigenvalue weighted by Gasteiger charge is -2.08. The van der Waals surface area contributed by atoms with Gasteiger partial charge in [0.25, 0.3) is 0 Å². The Morgan fingerprint density at radius 1 is 1.00 bits per heavy atom. The normalized spacial score (nSPS) is 10.1. The first-order valence-corrected chi connectivity index (χ1v) is 8.77. The summed E-state index contributed by atoms with van der Waals surface area (Å²) in [7, 11) is 0. The van der Waals surface area contributed by atoms with Gasteiger partial charge in [-0.05, 0) is 11.1 Å². The molecular weight excluding hydrogens is 326 g/mol. The maximum absolute atomic E-state index is 11.6. The van der Waals surface area contributed by atoms with E-state index in [-0.39, 0.29) is 6.61 Å². The molecule has 0 aliphatic rings. The molecule has 3 nitrogen and oxygen atoms in total. The summed E-state index contributed by atoms with van der Waals surface area (Å²) in [4.78, 5) is 11.6. The third kappa shape index (κ3) is 7.30. The van der Waals surface area contributed by atoms with Crippen molar-refractivity contribution in [3.05, 3.63) is 71.8 Å². The molecule has 0 bridgehead atoms. The number of alkyl carbamates (subject to hydrolysis) is 1. The number of rotatable bonds is 7. The zero-order valence-corrected chi connectivity index (χ0v) is 14.4. The van der Waals surface area contributed by atoms with Gasteiger partial charge in [-0.1, -0.05) is 72.9 Å². The van der Waals surface area contributed by atoms with E-state index in [1.54, 1.807) is 11.8 Å². The zero-order chi connectivity index (χ0) is 16.3. The van der Waals surface area contributed by atoms with Gasteiger partial charge in [0.05, 0.1) is 0 Å². The molecule has 1 N–H and O–H groups in total. The van der Waals surface area contributed by atoms with Crippen LogP contribution in [0, 0.1) is 0 Å². The van der Waals surface area contributed by atoms with Crippen molar-refractivity contribution in [2.75, 3.05) is 6.54 Å². The Morgan fingerprint density at radius 3 is 2.26 bits per heavy atom. The third-order valence-corrected chi connectivity index (χ3v) is 4.62. The smallest absolute Gasteiger partial charge is 0.407 e. The lowest BCUT2D eigenvalue weighted by Crippen LogP contribution is -2.26. The molecule has 0 aromatic heterocycles. The number of ether oxygens (including phenoxy) is 1. The Morgan fingerprint density at radius 2 is 1.61 bits per heavy atom. The molecule has 2 aromatic carbocycles. The SMILES string of the molecule is O=C(NCCC(=S)SCc1ccccc1)OCc1ccccc1. The summed E-state index contributed by atoms with van der Waals surface area (Å²) in [6.07, 6.45) is 0.248. The number of carbonyl (C=O) groups excluding carboxylic acids is 1. The highest BCUT2D eigenvalue weighted by Gasteiger charge is 2.04. The Labute approximate surface area is 146 Å². The minimum atomic E-state index is -0.412. The molecule has 0 aliphatic carbocycles. The van der Waals surface area contributed by atoms with Gasteiger partial charge in [-0.15, -0.1) is 11.8 Å². The number of thioether (sulfide) groups is 1. The van der Waals surface area contributed by atoms with Gasteiger partial charge in [-0.3, -0.25) is 0 Å². The summed E-state index contributed by atoms with van der Waals surface area (Å²) < 4.78 is 6.03. The van der Waals surface area contributed by atoms with Crippen LogP contribution in [0.1, 0.15) is 17.5 Å². The van der Waals surface area contributed by atoms with Crippen molar-refractivity contribution < 1.29 is 9.53 Å². The van der Waals surface area contributed by atoms with Crippen LogP contribution in [0.4, 0.5) is 4.79 Å². The van der Waals surface area contributed by atoms with Crippen molar-refractivity contribution in [2.24, 2.45) is 0 Å². The molecule has 0 atom stereocenters. The number of carbonyl (C=O) groups is 1. The van der Waals surface area contributed by atoms with Crippen LogP contribution >= 0.6 is 24.0 Å². The van der Waals surface area contributed by atoms with Crippen molar-refractivity contribution >= 4 is 34.3 Å². The van der Waals surface area contributed by atoms with E-state index in [1.807, 2.05) is 48.5 Å². The van der Waals surface area contributed by atoms with Gasteiger partial charge in [0.2, 0.25) is 0 Å². The van der Waals surface area contributed by atoms with Crippen LogP contribution in [-0.4, -0.2) is 16.8 Å². The molecule has 2 aromatic rings. The molecule has 0 spiro atoms. The molecule has 0 aliphatic heterocycles. The molecule has 1 amide bonds. The fourth-order valence-corrected chi connectivity index (χ4v) is 2.90. The topological polar surface area (TPSA) is 38.3 Å². The molecule has 2 rings (SSSR count). The zero-order valence-electron chi connectivity index (χ0n) is 12.7. The second-order valence-electron chi connectivity index (χ2n) is 4.88. The number of hydrogen-bond donors (Lipinski definition) is 1. The van der Waals surface area contributed by atoms with E-state index in [2.05, 4.69) is 17.4 Å². The number of hydrogen-bond acceptors (Lipinski definition) is 4. The highest BCUT2D eigenvalue weighted by atomic mass is 32.2. The van der Waals surface area contributed by atoms with Crippen molar-refractivity contribution in [3.8, 4) is 0 Å². The van der Waals surface area contributed by atoms with Crippen molar-refractivity contribution in [1.82, 2.24) is 5.32 Å². The molecule has 0 unspecified atom stereocenters. The Balaban J connectivity index is 1.57. The molecule has 0 saturated carbocycles. The predicted molar refractivity (Wildman–Crippen MR) is 99.6 cm³/mol. The van der Waals surface area contributed by atoms with Gasteiger partial charge < -0.3 is 10.1 Å². The minimum Gasteiger partial charge on any atom is -0.445 e. The van der Waals surface area contributed by atoms with Gasteiger partial charge in [0.15, 0.2) is 0 Å². The van der Waals surface area contributed by atoms with Crippen LogP contribution in [-0.2, 0) is 17.1 Å². The summed E-state index contributed by atoms with van der Waals surface area (Å²) in [6, 6.07) is 19.8. The van der Waals surface area contributed by atoms with Crippen LogP contribution in [0.25, 0.3) is 0 Å². The predicted octanol–water partition coefficient (Wildman–Crippen LogP) is 4.56. The maximum atomic E-state index is 11.6. The Hall–Kier alpha value is -1.85. The summed E-state index contributed by atoms with van der Waals surface area (Å²) in [5.74, 6) is 0.859. The number of thiocarbonyl (C=S) groups is 1. The molecular formula is C18H19NO2S2. The van der Waals surface area contributed by atoms with Crippen molar-refractivity contribution in [2.45, 2.75) is 18.8 Å². The highest BCUT2D eigenvalue weighted by molar-refractivity contribution is 8.22. The van der Waals surface area contributed by atoms with Crippen LogP contribution in [0.5, 0.6) is 0 Å². The monoisotopic (exact) mass is 345 g/mol. The van der Waals surface area contributed by atoms with Gasteiger partial charge >= 0.3 is 6.09 Å². The summed E-state index contributed by atoms with van der Waals surface area (Å²) in [6.45, 7) is 0.772. The van der Waals surface area contributed by atoms with E-state index >= 15 is 0 Å². The first kappa shape index (κ1) is 17.5. The summed E-state index contributed by atoms with van der Waals surface area (Å²) >= 11 is 6.95. The average Bonchev–Trinajstić information content (AvgIpc) is 2.60. The summed E-state index contributed by atoms with van der Waals surface area (Å²) in [5.41, 5.74) is 2.21. The second-order valence-corrected chi connectivity index (χ2v) is 6.71. The van der Waals surface area contributed by atoms with E-state index in [0.29, 0.717) is 13.0 Å². The Bertz CT molecular complexity index is 562. The van der Waals surface area contributed by atoms with E-state index in [9.17, 15) is 4.79 Å². The number of benzene rings is 2. The van der Waals surface area contributed by atoms with Crippen LogP contribution in [0.15, 0.2) is 60.7 Å². The van der Waals surface area contributed by atoms with Crippen LogP contribution < -0.4 is 5.32 Å². The van der Waals surface area contributed by atoms with Crippen molar-refractivity contribution in [1.29, 1.82) is 0 Å². The molecule has 23 heavy (non-hydrogen) atoms. The molecule has 0 heterocycles. The van der Waals surface area contributed by atoms with E-state index in [4.69, 9.17) is 17.0 Å². The lowest BCUT2D eigenvalue weighted by atomic mass is 10.2. The minimum absolute atomic E-state index is 0.278. The van der Waals surface area contributed by atoms with Crippen molar-refractivity contribution in [3.63, 3.8) is 0 Å². The molecule has 120 valence electrons. The average molecular weight is 345 g/mol. The Kier molecular flexibility index (Phi) is 7.63. The highest BCUT2D eigenvalue weighted by Crippen LogP contribution is 2.15. The molecule has 0 saturated heterocycles. The number of nitrogens with one attached hydrogen (secondary N) is 1. The van der Waals surface area contributed by atoms with Gasteiger partial charge in [0.1, 0.15) is 6.61 Å². The second kappa shape index (κ2) is 10.0. The van der Waals surface area contributed by atoms with Gasteiger partial charge in [-0.25, -0.2) is 4.79 Å². The largest absolute Gasteiger partial charge is 0.445 e. The lowest BCUT2D eigenvalue weighted by molar-refractivity contribution is 0.140. The van der Waals surface area contributed by atoms with E-state index in [1.165, 1.54) is 5.56 Å². The molecule has 5 heteroatoms. The van der Waals surface area contributed by atoms with E-state index in [0.717, 1.165) is 15.5 Å². The number of amides is 1. The van der Waals surface area contributed by atoms with Gasteiger partial charge in [-0.2, -0.15) is 0 Å². The van der Waals surface area contributed by atoms with E-state index < -0.39 is 6.09 Å². The van der Waals surface area contributed by atoms with Gasteiger partial charge in [0, 0.05) is 22.9 Å². The molecule has 0 fully saturated rings. The molecule has 0 radical (unpaired) electrons. The fraction of sp³-hybridized carbons (Fsp3) is 0.222. The third-order valence-electron chi connectivity index (χ3n) is 3.05. The quantitative estimate of drug-likeness (QED) is 0.746. The van der Waals surface area contributed by atoms with Crippen LogP contribution in [0.3, 0.4) is 0 Å². The fourth-order valence-electron chi connectivity index (χ4n) is 1.85. The first-order valence-electron chi connectivity index (χ1n) is 7.38. The summed E-state index contributed by atoms with van der Waals surface area (Å²) in [5, 5.41) is 2.72. The first-order chi connectivity index (χ1) is 11.2. The standard InChI is InChI=1S/C18H19NO2S2/c20-18(21-13-15-7-3-1-4-8-15)19-12-11-17(22)23-14-16-9-5-2-6-10-16/h1-10H,11-14H2,(H,19,20). The van der Waals surface area contributed by atoms with Crippen LogP contribution in [0.2, 0.25) is 0 Å². The maximum Gasteiger partial charge on any atom is 0.407 e.